The Hall–Kier alpha value is -2.49. The Morgan fingerprint density at radius 1 is 1.22 bits per heavy atom. The van der Waals surface area contributed by atoms with Gasteiger partial charge in [0.25, 0.3) is 0 Å². The number of ether oxygens (including phenoxy) is 1. The van der Waals surface area contributed by atoms with Gasteiger partial charge in [-0.2, -0.15) is 0 Å². The van der Waals surface area contributed by atoms with E-state index in [9.17, 15) is 4.79 Å². The topological polar surface area (TPSA) is 41.6 Å². The van der Waals surface area contributed by atoms with E-state index >= 15 is 0 Å². The Kier molecular flexibility index (Phi) is 4.81. The monoisotopic (exact) mass is 310 g/mol. The summed E-state index contributed by atoms with van der Waals surface area (Å²) in [5.41, 5.74) is 4.63. The van der Waals surface area contributed by atoms with Crippen molar-refractivity contribution in [2.45, 2.75) is 26.3 Å². The number of hydrogen-bond donors (Lipinski definition) is 1. The Balaban J connectivity index is 1.66. The zero-order chi connectivity index (χ0) is 16.1. The molecule has 1 heterocycles. The first-order valence-electron chi connectivity index (χ1n) is 8.12. The summed E-state index contributed by atoms with van der Waals surface area (Å²) < 4.78 is 5.05. The molecule has 0 aliphatic carbocycles. The molecule has 2 aromatic rings. The summed E-state index contributed by atoms with van der Waals surface area (Å²) in [4.78, 5) is 14.0. The minimum Gasteiger partial charge on any atom is -0.449 e. The molecule has 0 atom stereocenters. The first-order valence-corrected chi connectivity index (χ1v) is 8.12. The second kappa shape index (κ2) is 7.18. The quantitative estimate of drug-likeness (QED) is 0.899. The number of rotatable bonds is 5. The van der Waals surface area contributed by atoms with Crippen molar-refractivity contribution >= 4 is 17.5 Å². The molecule has 23 heavy (non-hydrogen) atoms. The van der Waals surface area contributed by atoms with Crippen molar-refractivity contribution in [3.05, 3.63) is 59.7 Å². The molecule has 0 radical (unpaired) electrons. The maximum atomic E-state index is 11.6. The zero-order valence-corrected chi connectivity index (χ0v) is 13.4. The van der Waals surface area contributed by atoms with Crippen molar-refractivity contribution in [2.24, 2.45) is 0 Å². The van der Waals surface area contributed by atoms with Crippen LogP contribution < -0.4 is 10.2 Å². The number of hydrogen-bond acceptors (Lipinski definition) is 3. The number of carbonyl (C=O) groups is 1. The number of amides is 1. The zero-order valence-electron chi connectivity index (χ0n) is 13.4. The minimum atomic E-state index is -0.383. The predicted octanol–water partition coefficient (Wildman–Crippen LogP) is 4.21. The van der Waals surface area contributed by atoms with Gasteiger partial charge >= 0.3 is 6.09 Å². The average molecular weight is 310 g/mol. The molecule has 3 rings (SSSR count). The van der Waals surface area contributed by atoms with Crippen molar-refractivity contribution in [3.8, 4) is 0 Å². The first kappa shape index (κ1) is 15.4. The second-order valence-corrected chi connectivity index (χ2v) is 5.76. The van der Waals surface area contributed by atoms with Crippen molar-refractivity contribution < 1.29 is 9.53 Å². The Morgan fingerprint density at radius 3 is 2.83 bits per heavy atom. The summed E-state index contributed by atoms with van der Waals surface area (Å²) in [6.45, 7) is 4.35. The van der Waals surface area contributed by atoms with Crippen LogP contribution >= 0.6 is 0 Å². The van der Waals surface area contributed by atoms with E-state index in [-0.39, 0.29) is 6.09 Å². The van der Waals surface area contributed by atoms with E-state index < -0.39 is 0 Å². The summed E-state index contributed by atoms with van der Waals surface area (Å²) in [6, 6.07) is 16.6. The molecule has 120 valence electrons. The van der Waals surface area contributed by atoms with Crippen LogP contribution in [0.5, 0.6) is 0 Å². The molecule has 4 nitrogen and oxygen atoms in total. The maximum Gasteiger partial charge on any atom is 0.411 e. The van der Waals surface area contributed by atoms with E-state index in [2.05, 4.69) is 40.5 Å². The lowest BCUT2D eigenvalue weighted by Gasteiger charge is -2.19. The third-order valence-electron chi connectivity index (χ3n) is 3.97. The molecule has 0 saturated carbocycles. The number of nitrogens with zero attached hydrogens (tertiary/aromatic N) is 1. The molecule has 1 N–H and O–H groups in total. The van der Waals surface area contributed by atoms with Gasteiger partial charge in [0.05, 0.1) is 6.61 Å². The molecule has 1 aliphatic heterocycles. The van der Waals surface area contributed by atoms with Gasteiger partial charge < -0.3 is 9.64 Å². The summed E-state index contributed by atoms with van der Waals surface area (Å²) in [5, 5.41) is 2.79. The van der Waals surface area contributed by atoms with Crippen molar-refractivity contribution in [2.75, 3.05) is 23.4 Å². The smallest absolute Gasteiger partial charge is 0.411 e. The van der Waals surface area contributed by atoms with Gasteiger partial charge in [-0.3, -0.25) is 5.32 Å². The highest BCUT2D eigenvalue weighted by Gasteiger charge is 2.19. The lowest BCUT2D eigenvalue weighted by molar-refractivity contribution is 0.161. The van der Waals surface area contributed by atoms with Gasteiger partial charge in [0, 0.05) is 24.5 Å². The van der Waals surface area contributed by atoms with Crippen LogP contribution in [0.2, 0.25) is 0 Å². The van der Waals surface area contributed by atoms with Crippen LogP contribution in [0.25, 0.3) is 0 Å². The summed E-state index contributed by atoms with van der Waals surface area (Å²) in [5.74, 6) is 0. The normalized spacial score (nSPS) is 12.8. The van der Waals surface area contributed by atoms with Crippen LogP contribution in [-0.4, -0.2) is 19.2 Å². The van der Waals surface area contributed by atoms with E-state index in [1.165, 1.54) is 16.8 Å². The highest BCUT2D eigenvalue weighted by Crippen LogP contribution is 2.31. The molecular formula is C19H22N2O2. The fourth-order valence-corrected chi connectivity index (χ4v) is 2.86. The number of nitrogens with one attached hydrogen (secondary N) is 1. The van der Waals surface area contributed by atoms with E-state index in [0.29, 0.717) is 6.61 Å². The third kappa shape index (κ3) is 3.83. The number of carbonyl (C=O) groups excluding carboxylic acids is 1. The van der Waals surface area contributed by atoms with E-state index in [0.717, 1.165) is 31.6 Å². The largest absolute Gasteiger partial charge is 0.449 e. The highest BCUT2D eigenvalue weighted by atomic mass is 16.5. The fourth-order valence-electron chi connectivity index (χ4n) is 2.86. The van der Waals surface area contributed by atoms with Crippen LogP contribution in [0.15, 0.2) is 48.5 Å². The van der Waals surface area contributed by atoms with E-state index in [1.807, 2.05) is 25.1 Å². The van der Waals surface area contributed by atoms with Gasteiger partial charge in [-0.1, -0.05) is 37.3 Å². The molecule has 0 spiro atoms. The summed E-state index contributed by atoms with van der Waals surface area (Å²) in [7, 11) is 0. The fraction of sp³-hybridized carbons (Fsp3) is 0.316. The first-order chi connectivity index (χ1) is 11.3. The Morgan fingerprint density at radius 2 is 2.04 bits per heavy atom. The second-order valence-electron chi connectivity index (χ2n) is 5.76. The molecule has 0 bridgehead atoms. The molecule has 2 aromatic carbocycles. The number of benzene rings is 2. The molecule has 0 fully saturated rings. The molecule has 1 amide bonds. The molecule has 1 aliphatic rings. The maximum absolute atomic E-state index is 11.6. The summed E-state index contributed by atoms with van der Waals surface area (Å²) in [6.07, 6.45) is 1.44. The Bertz CT molecular complexity index is 670. The van der Waals surface area contributed by atoms with Crippen LogP contribution in [0.1, 0.15) is 24.5 Å². The molecule has 0 saturated heterocycles. The molecule has 4 heteroatoms. The number of fused-ring (bicyclic) bond motifs is 1. The van der Waals surface area contributed by atoms with Gasteiger partial charge in [0.15, 0.2) is 0 Å². The average Bonchev–Trinajstić information content (AvgIpc) is 2.96. The standard InChI is InChI=1S/C19H22N2O2/c1-2-12-23-19(22)20-17-8-9-18-16(13-17)10-11-21(18)14-15-6-4-3-5-7-15/h3-9,13H,2,10-12,14H2,1H3,(H,20,22). The lowest BCUT2D eigenvalue weighted by Crippen LogP contribution is -2.19. The number of anilines is 2. The van der Waals surface area contributed by atoms with Crippen LogP contribution in [0.3, 0.4) is 0 Å². The summed E-state index contributed by atoms with van der Waals surface area (Å²) >= 11 is 0. The van der Waals surface area contributed by atoms with E-state index in [4.69, 9.17) is 4.74 Å². The molecule has 0 aromatic heterocycles. The van der Waals surface area contributed by atoms with Gasteiger partial charge in [-0.05, 0) is 42.2 Å². The lowest BCUT2D eigenvalue weighted by atomic mass is 10.1. The van der Waals surface area contributed by atoms with Crippen LogP contribution in [0, 0.1) is 0 Å². The minimum absolute atomic E-state index is 0.383. The van der Waals surface area contributed by atoms with Gasteiger partial charge in [0.1, 0.15) is 0 Å². The van der Waals surface area contributed by atoms with Crippen LogP contribution in [0.4, 0.5) is 16.2 Å². The van der Waals surface area contributed by atoms with Gasteiger partial charge in [0.2, 0.25) is 0 Å². The van der Waals surface area contributed by atoms with Gasteiger partial charge in [-0.25, -0.2) is 4.79 Å². The van der Waals surface area contributed by atoms with Gasteiger partial charge in [-0.15, -0.1) is 0 Å². The predicted molar refractivity (Wildman–Crippen MR) is 92.9 cm³/mol. The van der Waals surface area contributed by atoms with Crippen molar-refractivity contribution in [3.63, 3.8) is 0 Å². The van der Waals surface area contributed by atoms with Crippen molar-refractivity contribution in [1.82, 2.24) is 0 Å². The van der Waals surface area contributed by atoms with E-state index in [1.54, 1.807) is 0 Å². The SMILES string of the molecule is CCCOC(=O)Nc1ccc2c(c1)CCN2Cc1ccccc1. The third-order valence-corrected chi connectivity index (χ3v) is 3.97. The molecular weight excluding hydrogens is 288 g/mol. The Labute approximate surface area is 137 Å². The van der Waals surface area contributed by atoms with Crippen molar-refractivity contribution in [1.29, 1.82) is 0 Å². The molecule has 0 unspecified atom stereocenters. The highest BCUT2D eigenvalue weighted by molar-refractivity contribution is 5.85. The van der Waals surface area contributed by atoms with Crippen LogP contribution in [-0.2, 0) is 17.7 Å².